The summed E-state index contributed by atoms with van der Waals surface area (Å²) in [4.78, 5) is 21.0. The van der Waals surface area contributed by atoms with Crippen molar-refractivity contribution in [1.29, 1.82) is 0 Å². The van der Waals surface area contributed by atoms with Crippen LogP contribution in [0.15, 0.2) is 12.1 Å². The van der Waals surface area contributed by atoms with E-state index in [1.807, 2.05) is 0 Å². The molecule has 0 aliphatic rings. The van der Waals surface area contributed by atoms with Crippen LogP contribution in [0.4, 0.5) is 8.78 Å². The standard InChI is InChI=1S/C9H6F2O2/c1-5(13)8-3-7(10)2-6(4-12)9(8)11/h2-4H,1H3. The van der Waals surface area contributed by atoms with Gasteiger partial charge in [-0.05, 0) is 19.1 Å². The Morgan fingerprint density at radius 2 is 2.00 bits per heavy atom. The van der Waals surface area contributed by atoms with Gasteiger partial charge in [-0.25, -0.2) is 8.78 Å². The molecule has 68 valence electrons. The van der Waals surface area contributed by atoms with E-state index in [4.69, 9.17) is 0 Å². The molecule has 0 saturated heterocycles. The lowest BCUT2D eigenvalue weighted by molar-refractivity contribution is 0.101. The van der Waals surface area contributed by atoms with Gasteiger partial charge < -0.3 is 0 Å². The molecule has 0 N–H and O–H groups in total. The Bertz CT molecular complexity index is 372. The highest BCUT2D eigenvalue weighted by atomic mass is 19.1. The minimum atomic E-state index is -0.969. The molecule has 0 spiro atoms. The molecular formula is C9H6F2O2. The van der Waals surface area contributed by atoms with Gasteiger partial charge in [0.15, 0.2) is 12.1 Å². The number of benzene rings is 1. The third-order valence-corrected chi connectivity index (χ3v) is 1.57. The number of ketones is 1. The first kappa shape index (κ1) is 9.51. The fourth-order valence-electron chi connectivity index (χ4n) is 0.952. The van der Waals surface area contributed by atoms with Crippen molar-refractivity contribution >= 4 is 12.1 Å². The van der Waals surface area contributed by atoms with Crippen LogP contribution in [-0.4, -0.2) is 12.1 Å². The summed E-state index contributed by atoms with van der Waals surface area (Å²) in [6.07, 6.45) is 0.171. The van der Waals surface area contributed by atoms with E-state index in [9.17, 15) is 18.4 Å². The summed E-state index contributed by atoms with van der Waals surface area (Å²) in [5, 5.41) is 0. The van der Waals surface area contributed by atoms with E-state index in [2.05, 4.69) is 0 Å². The fraction of sp³-hybridized carbons (Fsp3) is 0.111. The smallest absolute Gasteiger partial charge is 0.162 e. The molecule has 2 nitrogen and oxygen atoms in total. The quantitative estimate of drug-likeness (QED) is 0.520. The summed E-state index contributed by atoms with van der Waals surface area (Å²) in [6.45, 7) is 1.10. The number of carbonyl (C=O) groups excluding carboxylic acids is 2. The maximum absolute atomic E-state index is 13.1. The fourth-order valence-corrected chi connectivity index (χ4v) is 0.952. The van der Waals surface area contributed by atoms with Crippen LogP contribution in [0.2, 0.25) is 0 Å². The first-order valence-corrected chi connectivity index (χ1v) is 3.51. The van der Waals surface area contributed by atoms with Crippen molar-refractivity contribution in [3.8, 4) is 0 Å². The van der Waals surface area contributed by atoms with Gasteiger partial charge in [-0.15, -0.1) is 0 Å². The number of aldehydes is 1. The van der Waals surface area contributed by atoms with Gasteiger partial charge in [-0.3, -0.25) is 9.59 Å². The molecule has 0 saturated carbocycles. The van der Waals surface area contributed by atoms with Crippen molar-refractivity contribution in [1.82, 2.24) is 0 Å². The zero-order valence-electron chi connectivity index (χ0n) is 6.80. The maximum atomic E-state index is 13.1. The van der Waals surface area contributed by atoms with E-state index in [1.165, 1.54) is 0 Å². The van der Waals surface area contributed by atoms with Gasteiger partial charge in [0.2, 0.25) is 0 Å². The zero-order chi connectivity index (χ0) is 10.0. The van der Waals surface area contributed by atoms with Crippen LogP contribution in [0.3, 0.4) is 0 Å². The van der Waals surface area contributed by atoms with Gasteiger partial charge in [0, 0.05) is 0 Å². The Morgan fingerprint density at radius 3 is 2.46 bits per heavy atom. The molecule has 0 aliphatic carbocycles. The van der Waals surface area contributed by atoms with Crippen LogP contribution in [-0.2, 0) is 0 Å². The SMILES string of the molecule is CC(=O)c1cc(F)cc(C=O)c1F. The molecule has 0 bridgehead atoms. The van der Waals surface area contributed by atoms with Crippen LogP contribution in [0.25, 0.3) is 0 Å². The summed E-state index contributed by atoms with van der Waals surface area (Å²) < 4.78 is 25.8. The molecule has 4 heteroatoms. The van der Waals surface area contributed by atoms with Crippen molar-refractivity contribution in [2.75, 3.05) is 0 Å². The van der Waals surface area contributed by atoms with Crippen molar-refractivity contribution in [2.45, 2.75) is 6.92 Å². The van der Waals surface area contributed by atoms with E-state index in [-0.39, 0.29) is 6.29 Å². The number of carbonyl (C=O) groups is 2. The minimum Gasteiger partial charge on any atom is -0.298 e. The Kier molecular flexibility index (Phi) is 2.51. The maximum Gasteiger partial charge on any atom is 0.162 e. The Morgan fingerprint density at radius 1 is 1.38 bits per heavy atom. The van der Waals surface area contributed by atoms with Crippen LogP contribution >= 0.6 is 0 Å². The van der Waals surface area contributed by atoms with E-state index in [0.717, 1.165) is 19.1 Å². The summed E-state index contributed by atoms with van der Waals surface area (Å²) in [5.74, 6) is -2.38. The monoisotopic (exact) mass is 184 g/mol. The second-order valence-corrected chi connectivity index (χ2v) is 2.53. The number of Topliss-reactive ketones (excluding diaryl/α,β-unsaturated/α-hetero) is 1. The molecule has 0 radical (unpaired) electrons. The van der Waals surface area contributed by atoms with Gasteiger partial charge in [-0.2, -0.15) is 0 Å². The predicted molar refractivity (Wildman–Crippen MR) is 41.8 cm³/mol. The van der Waals surface area contributed by atoms with Crippen LogP contribution < -0.4 is 0 Å². The molecular weight excluding hydrogens is 178 g/mol. The largest absolute Gasteiger partial charge is 0.298 e. The summed E-state index contributed by atoms with van der Waals surface area (Å²) in [5.41, 5.74) is -0.840. The minimum absolute atomic E-state index is 0.171. The third-order valence-electron chi connectivity index (χ3n) is 1.57. The first-order chi connectivity index (χ1) is 6.06. The Balaban J connectivity index is 3.44. The topological polar surface area (TPSA) is 34.1 Å². The summed E-state index contributed by atoms with van der Waals surface area (Å²) >= 11 is 0. The number of rotatable bonds is 2. The van der Waals surface area contributed by atoms with Crippen molar-refractivity contribution in [3.63, 3.8) is 0 Å². The molecule has 13 heavy (non-hydrogen) atoms. The molecule has 0 aromatic heterocycles. The molecule has 1 aromatic rings. The third kappa shape index (κ3) is 1.77. The van der Waals surface area contributed by atoms with Gasteiger partial charge in [0.1, 0.15) is 11.6 Å². The van der Waals surface area contributed by atoms with Crippen molar-refractivity contribution in [2.24, 2.45) is 0 Å². The molecule has 0 fully saturated rings. The molecule has 0 aliphatic heterocycles. The van der Waals surface area contributed by atoms with Gasteiger partial charge in [0.25, 0.3) is 0 Å². The van der Waals surface area contributed by atoms with Crippen LogP contribution in [0.1, 0.15) is 27.6 Å². The molecule has 1 rings (SSSR count). The summed E-state index contributed by atoms with van der Waals surface area (Å²) in [6, 6.07) is 1.51. The van der Waals surface area contributed by atoms with Crippen molar-refractivity contribution < 1.29 is 18.4 Å². The second-order valence-electron chi connectivity index (χ2n) is 2.53. The number of hydrogen-bond donors (Lipinski definition) is 0. The average Bonchev–Trinajstić information content (AvgIpc) is 2.08. The predicted octanol–water partition coefficient (Wildman–Crippen LogP) is 1.98. The van der Waals surface area contributed by atoms with Gasteiger partial charge in [-0.1, -0.05) is 0 Å². The number of halogens is 2. The zero-order valence-corrected chi connectivity index (χ0v) is 6.80. The lowest BCUT2D eigenvalue weighted by Gasteiger charge is -2.00. The van der Waals surface area contributed by atoms with Gasteiger partial charge in [0.05, 0.1) is 11.1 Å². The number of hydrogen-bond acceptors (Lipinski definition) is 2. The Hall–Kier alpha value is -1.58. The van der Waals surface area contributed by atoms with E-state index in [1.54, 1.807) is 0 Å². The van der Waals surface area contributed by atoms with E-state index < -0.39 is 28.5 Å². The lowest BCUT2D eigenvalue weighted by Crippen LogP contribution is -2.02. The molecule has 0 atom stereocenters. The normalized spacial score (nSPS) is 9.77. The highest BCUT2D eigenvalue weighted by Crippen LogP contribution is 2.14. The first-order valence-electron chi connectivity index (χ1n) is 3.51. The second kappa shape index (κ2) is 3.43. The summed E-state index contributed by atoms with van der Waals surface area (Å²) in [7, 11) is 0. The molecule has 0 unspecified atom stereocenters. The molecule has 0 amide bonds. The molecule has 0 heterocycles. The average molecular weight is 184 g/mol. The van der Waals surface area contributed by atoms with E-state index >= 15 is 0 Å². The highest BCUT2D eigenvalue weighted by Gasteiger charge is 2.13. The Labute approximate surface area is 73.2 Å². The lowest BCUT2D eigenvalue weighted by atomic mass is 10.1. The van der Waals surface area contributed by atoms with Crippen LogP contribution in [0.5, 0.6) is 0 Å². The van der Waals surface area contributed by atoms with Crippen molar-refractivity contribution in [3.05, 3.63) is 34.9 Å². The van der Waals surface area contributed by atoms with E-state index in [0.29, 0.717) is 0 Å². The van der Waals surface area contributed by atoms with Crippen LogP contribution in [0, 0.1) is 11.6 Å². The van der Waals surface area contributed by atoms with Gasteiger partial charge >= 0.3 is 0 Å². The molecule has 1 aromatic carbocycles. The highest BCUT2D eigenvalue weighted by molar-refractivity contribution is 5.96.